The third-order valence-corrected chi connectivity index (χ3v) is 6.82. The summed E-state index contributed by atoms with van der Waals surface area (Å²) < 4.78 is 50.0. The number of hydrogen-bond donors (Lipinski definition) is 2. The number of allylic oxidation sites excluding steroid dienone is 1. The minimum atomic E-state index is -0.835. The molecule has 0 aromatic heterocycles. The summed E-state index contributed by atoms with van der Waals surface area (Å²) in [6.45, 7) is 2.56. The summed E-state index contributed by atoms with van der Waals surface area (Å²) in [5.41, 5.74) is 5.02. The number of nitrogens with zero attached hydrogens (tertiary/aromatic N) is 1. The minimum Gasteiger partial charge on any atom is -0.508 e. The molecule has 2 N–H and O–H groups in total. The molecule has 0 saturated carbocycles. The van der Waals surface area contributed by atoms with Gasteiger partial charge in [-0.3, -0.25) is 4.79 Å². The van der Waals surface area contributed by atoms with Crippen LogP contribution in [0, 0.1) is 24.4 Å². The number of phenolic OH excluding ortho intramolecular Hbond substituents is 1. The monoisotopic (exact) mass is 550 g/mol. The molecule has 5 nitrogen and oxygen atoms in total. The normalized spacial score (nSPS) is 13.3. The number of nitrogens with one attached hydrogen (secondary N) is 1. The lowest BCUT2D eigenvalue weighted by atomic mass is 9.86. The van der Waals surface area contributed by atoms with Crippen LogP contribution in [0.4, 0.5) is 13.2 Å². The molecule has 0 unspecified atom stereocenters. The van der Waals surface area contributed by atoms with Crippen LogP contribution in [0.25, 0.3) is 11.1 Å². The number of likely N-dealkylation sites (N-methyl/N-ethyl adjacent to an activating group) is 1. The Morgan fingerprint density at radius 3 is 2.45 bits per heavy atom. The summed E-state index contributed by atoms with van der Waals surface area (Å²) in [5.74, 6) is -2.51. The molecule has 1 aliphatic rings. The lowest BCUT2D eigenvalue weighted by Gasteiger charge is -2.19. The van der Waals surface area contributed by atoms with Gasteiger partial charge in [0.05, 0.1) is 0 Å². The van der Waals surface area contributed by atoms with Crippen molar-refractivity contribution in [2.24, 2.45) is 0 Å². The van der Waals surface area contributed by atoms with Gasteiger partial charge < -0.3 is 20.1 Å². The van der Waals surface area contributed by atoms with Crippen molar-refractivity contribution in [3.63, 3.8) is 0 Å². The fourth-order valence-electron chi connectivity index (χ4n) is 4.90. The third kappa shape index (κ3) is 6.74. The molecule has 3 aromatic rings. The van der Waals surface area contributed by atoms with E-state index in [9.17, 15) is 14.3 Å². The van der Waals surface area contributed by atoms with Crippen LogP contribution in [0.1, 0.15) is 40.7 Å². The molecule has 8 heteroatoms. The van der Waals surface area contributed by atoms with E-state index in [-0.39, 0.29) is 24.1 Å². The first-order valence-corrected chi connectivity index (χ1v) is 13.2. The molecule has 0 atom stereocenters. The second-order valence-corrected chi connectivity index (χ2v) is 9.96. The SMILES string of the molecule is Cc1cc(F)ccc1C1=C(c2cc(F)c(OCCNC/C=C/C(=O)N(C)C)c(F)c2)c2ccc(O)cc2CCC1. The Labute approximate surface area is 232 Å². The van der Waals surface area contributed by atoms with Crippen molar-refractivity contribution in [1.29, 1.82) is 0 Å². The Balaban J connectivity index is 1.63. The maximum atomic E-state index is 15.3. The van der Waals surface area contributed by atoms with E-state index in [0.29, 0.717) is 37.1 Å². The number of hydrogen-bond acceptors (Lipinski definition) is 4. The Kier molecular flexibility index (Phi) is 9.32. The van der Waals surface area contributed by atoms with Crippen LogP contribution >= 0.6 is 0 Å². The summed E-state index contributed by atoms with van der Waals surface area (Å²) in [4.78, 5) is 13.0. The van der Waals surface area contributed by atoms with Gasteiger partial charge in [0, 0.05) is 33.3 Å². The molecule has 0 bridgehead atoms. The predicted molar refractivity (Wildman–Crippen MR) is 151 cm³/mol. The highest BCUT2D eigenvalue weighted by molar-refractivity contribution is 6.00. The van der Waals surface area contributed by atoms with E-state index < -0.39 is 17.4 Å². The highest BCUT2D eigenvalue weighted by Crippen LogP contribution is 2.42. The molecular weight excluding hydrogens is 517 g/mol. The number of phenols is 1. The number of benzene rings is 3. The topological polar surface area (TPSA) is 61.8 Å². The summed E-state index contributed by atoms with van der Waals surface area (Å²) in [7, 11) is 3.31. The number of rotatable bonds is 9. The number of fused-ring (bicyclic) bond motifs is 1. The molecule has 1 aliphatic carbocycles. The summed E-state index contributed by atoms with van der Waals surface area (Å²) in [5, 5.41) is 13.1. The fraction of sp³-hybridized carbons (Fsp3) is 0.281. The number of amides is 1. The van der Waals surface area contributed by atoms with Crippen LogP contribution in [-0.4, -0.2) is 49.7 Å². The van der Waals surface area contributed by atoms with Crippen molar-refractivity contribution in [2.45, 2.75) is 26.2 Å². The second-order valence-electron chi connectivity index (χ2n) is 9.96. The van der Waals surface area contributed by atoms with Crippen LogP contribution in [0.3, 0.4) is 0 Å². The molecule has 0 spiro atoms. The number of aromatic hydroxyl groups is 1. The third-order valence-electron chi connectivity index (χ3n) is 6.82. The molecule has 1 amide bonds. The molecular formula is C32H33F3N2O3. The van der Waals surface area contributed by atoms with E-state index in [1.807, 2.05) is 6.92 Å². The number of halogens is 3. The van der Waals surface area contributed by atoms with Crippen molar-refractivity contribution >= 4 is 17.1 Å². The van der Waals surface area contributed by atoms with Gasteiger partial charge >= 0.3 is 0 Å². The van der Waals surface area contributed by atoms with E-state index in [1.54, 1.807) is 44.4 Å². The van der Waals surface area contributed by atoms with E-state index in [0.717, 1.165) is 34.2 Å². The maximum Gasteiger partial charge on any atom is 0.245 e. The van der Waals surface area contributed by atoms with Crippen molar-refractivity contribution < 1.29 is 27.8 Å². The molecule has 0 saturated heterocycles. The number of aryl methyl sites for hydroxylation is 2. The number of carbonyl (C=O) groups excluding carboxylic acids is 1. The van der Waals surface area contributed by atoms with E-state index >= 15 is 8.78 Å². The summed E-state index contributed by atoms with van der Waals surface area (Å²) in [6.07, 6.45) is 5.14. The highest BCUT2D eigenvalue weighted by Gasteiger charge is 2.24. The summed E-state index contributed by atoms with van der Waals surface area (Å²) >= 11 is 0. The Morgan fingerprint density at radius 2 is 1.75 bits per heavy atom. The molecule has 0 fully saturated rings. The fourth-order valence-corrected chi connectivity index (χ4v) is 4.90. The Hall–Kier alpha value is -4.04. The number of ether oxygens (including phenoxy) is 1. The molecule has 0 radical (unpaired) electrons. The minimum absolute atomic E-state index is 0.0213. The quantitative estimate of drug-likeness (QED) is 0.253. The zero-order valence-corrected chi connectivity index (χ0v) is 22.9. The standard InChI is InChI=1S/C32H33F3N2O3/c1-20-16-23(33)9-11-25(20)27-7-4-6-21-17-24(38)10-12-26(21)31(27)22-18-28(34)32(29(35)19-22)40-15-14-36-13-5-8-30(39)37(2)3/h5,8-12,16-19,36,38H,4,6-7,13-15H2,1-3H3/b8-5+. The van der Waals surface area contributed by atoms with Gasteiger partial charge in [-0.05, 0) is 102 Å². The first-order chi connectivity index (χ1) is 19.2. The van der Waals surface area contributed by atoms with Crippen LogP contribution in [0.5, 0.6) is 11.5 Å². The van der Waals surface area contributed by atoms with Gasteiger partial charge in [-0.25, -0.2) is 13.2 Å². The average molecular weight is 551 g/mol. The molecule has 210 valence electrons. The van der Waals surface area contributed by atoms with Crippen LogP contribution < -0.4 is 10.1 Å². The van der Waals surface area contributed by atoms with Crippen molar-refractivity contribution in [2.75, 3.05) is 33.8 Å². The predicted octanol–water partition coefficient (Wildman–Crippen LogP) is 6.03. The van der Waals surface area contributed by atoms with Gasteiger partial charge in [0.15, 0.2) is 17.4 Å². The lowest BCUT2D eigenvalue weighted by Crippen LogP contribution is -2.23. The van der Waals surface area contributed by atoms with Gasteiger partial charge in [-0.1, -0.05) is 18.2 Å². The van der Waals surface area contributed by atoms with E-state index in [4.69, 9.17) is 4.74 Å². The number of carbonyl (C=O) groups is 1. The molecule has 0 heterocycles. The van der Waals surface area contributed by atoms with Gasteiger partial charge in [0.1, 0.15) is 18.2 Å². The van der Waals surface area contributed by atoms with Gasteiger partial charge in [-0.2, -0.15) is 0 Å². The second kappa shape index (κ2) is 12.9. The van der Waals surface area contributed by atoms with Gasteiger partial charge in [0.25, 0.3) is 0 Å². The van der Waals surface area contributed by atoms with Crippen molar-refractivity contribution in [3.05, 3.63) is 106 Å². The Bertz CT molecular complexity index is 1440. The van der Waals surface area contributed by atoms with Crippen molar-refractivity contribution in [1.82, 2.24) is 10.2 Å². The average Bonchev–Trinajstić information content (AvgIpc) is 3.08. The van der Waals surface area contributed by atoms with Crippen LogP contribution in [0.15, 0.2) is 60.7 Å². The molecule has 4 rings (SSSR count). The van der Waals surface area contributed by atoms with Gasteiger partial charge in [0.2, 0.25) is 5.91 Å². The zero-order valence-electron chi connectivity index (χ0n) is 22.9. The smallest absolute Gasteiger partial charge is 0.245 e. The maximum absolute atomic E-state index is 15.3. The largest absolute Gasteiger partial charge is 0.508 e. The van der Waals surface area contributed by atoms with Crippen molar-refractivity contribution in [3.8, 4) is 11.5 Å². The van der Waals surface area contributed by atoms with Gasteiger partial charge in [-0.15, -0.1) is 0 Å². The first-order valence-electron chi connectivity index (χ1n) is 13.2. The lowest BCUT2D eigenvalue weighted by molar-refractivity contribution is -0.123. The van der Waals surface area contributed by atoms with E-state index in [1.165, 1.54) is 35.2 Å². The highest BCUT2D eigenvalue weighted by atomic mass is 19.1. The van der Waals surface area contributed by atoms with Crippen LogP contribution in [0.2, 0.25) is 0 Å². The first kappa shape index (κ1) is 29.0. The summed E-state index contributed by atoms with van der Waals surface area (Å²) in [6, 6.07) is 12.1. The zero-order chi connectivity index (χ0) is 28.8. The van der Waals surface area contributed by atoms with Crippen LogP contribution in [-0.2, 0) is 11.2 Å². The molecule has 0 aliphatic heterocycles. The Morgan fingerprint density at radius 1 is 1.02 bits per heavy atom. The van der Waals surface area contributed by atoms with E-state index in [2.05, 4.69) is 5.32 Å². The molecule has 40 heavy (non-hydrogen) atoms. The molecule has 3 aromatic carbocycles.